The highest BCUT2D eigenvalue weighted by Gasteiger charge is 2.32. The summed E-state index contributed by atoms with van der Waals surface area (Å²) in [6.45, 7) is 2.55. The van der Waals surface area contributed by atoms with E-state index in [1.165, 1.54) is 22.3 Å². The molecule has 1 aliphatic carbocycles. The normalized spacial score (nSPS) is 14.5. The molecule has 1 aliphatic heterocycles. The molecule has 5 rings (SSSR count). The molecule has 3 aromatic rings. The van der Waals surface area contributed by atoms with Gasteiger partial charge in [0.1, 0.15) is 6.61 Å². The standard InChI is InChI=1S/C26H23NO4/c1-16-12-13-23-21(24(16)25(28)29)11-6-14-27(23)26(30)31-15-22-19-9-4-2-7-17(19)18-8-3-5-10-20(18)22/h2-5,7-10,12-13,22H,6,11,14-15H2,1H3,(H,28,29). The average molecular weight is 413 g/mol. The Labute approximate surface area is 180 Å². The Morgan fingerprint density at radius 1 is 1.00 bits per heavy atom. The molecule has 0 bridgehead atoms. The van der Waals surface area contributed by atoms with Crippen molar-refractivity contribution in [2.24, 2.45) is 0 Å². The Kier molecular flexibility index (Phi) is 4.74. The van der Waals surface area contributed by atoms with E-state index >= 15 is 0 Å². The van der Waals surface area contributed by atoms with E-state index in [0.29, 0.717) is 41.8 Å². The molecule has 1 N–H and O–H groups in total. The first kappa shape index (κ1) is 19.4. The second kappa shape index (κ2) is 7.58. The van der Waals surface area contributed by atoms with E-state index in [4.69, 9.17) is 4.74 Å². The summed E-state index contributed by atoms with van der Waals surface area (Å²) < 4.78 is 5.81. The zero-order valence-electron chi connectivity index (χ0n) is 17.3. The van der Waals surface area contributed by atoms with E-state index in [0.717, 1.165) is 0 Å². The van der Waals surface area contributed by atoms with Gasteiger partial charge in [0.25, 0.3) is 0 Å². The molecular formula is C26H23NO4. The van der Waals surface area contributed by atoms with Crippen LogP contribution in [0.15, 0.2) is 60.7 Å². The topological polar surface area (TPSA) is 66.8 Å². The van der Waals surface area contributed by atoms with Crippen molar-refractivity contribution in [2.75, 3.05) is 18.1 Å². The zero-order chi connectivity index (χ0) is 21.5. The molecule has 0 aromatic heterocycles. The summed E-state index contributed by atoms with van der Waals surface area (Å²) in [6.07, 6.45) is 0.926. The van der Waals surface area contributed by atoms with Crippen molar-refractivity contribution in [3.63, 3.8) is 0 Å². The van der Waals surface area contributed by atoms with Crippen LogP contribution in [0.1, 0.15) is 45.0 Å². The van der Waals surface area contributed by atoms with E-state index in [-0.39, 0.29) is 12.5 Å². The lowest BCUT2D eigenvalue weighted by Gasteiger charge is -2.30. The Bertz CT molecular complexity index is 1150. The number of aromatic carboxylic acids is 1. The number of rotatable bonds is 3. The second-order valence-electron chi connectivity index (χ2n) is 8.12. The van der Waals surface area contributed by atoms with Crippen molar-refractivity contribution in [3.8, 4) is 11.1 Å². The van der Waals surface area contributed by atoms with E-state index in [1.807, 2.05) is 30.3 Å². The third-order valence-electron chi connectivity index (χ3n) is 6.37. The van der Waals surface area contributed by atoms with Gasteiger partial charge < -0.3 is 9.84 Å². The Hall–Kier alpha value is -3.60. The van der Waals surface area contributed by atoms with Crippen LogP contribution in [0, 0.1) is 6.92 Å². The predicted molar refractivity (Wildman–Crippen MR) is 119 cm³/mol. The quantitative estimate of drug-likeness (QED) is 0.625. The first-order chi connectivity index (χ1) is 15.1. The predicted octanol–water partition coefficient (Wildman–Crippen LogP) is 5.39. The van der Waals surface area contributed by atoms with E-state index < -0.39 is 12.1 Å². The maximum atomic E-state index is 13.1. The van der Waals surface area contributed by atoms with Crippen LogP contribution >= 0.6 is 0 Å². The summed E-state index contributed by atoms with van der Waals surface area (Å²) in [5.74, 6) is -0.961. The van der Waals surface area contributed by atoms with Gasteiger partial charge in [-0.3, -0.25) is 4.90 Å². The molecule has 0 unspecified atom stereocenters. The first-order valence-corrected chi connectivity index (χ1v) is 10.5. The summed E-state index contributed by atoms with van der Waals surface area (Å²) in [5.41, 5.74) is 7.07. The molecule has 31 heavy (non-hydrogen) atoms. The zero-order valence-corrected chi connectivity index (χ0v) is 17.3. The number of carboxylic acids is 1. The van der Waals surface area contributed by atoms with Crippen LogP contribution in [0.4, 0.5) is 10.5 Å². The Morgan fingerprint density at radius 3 is 2.29 bits per heavy atom. The minimum atomic E-state index is -0.955. The minimum absolute atomic E-state index is 0.00629. The number of fused-ring (bicyclic) bond motifs is 4. The molecule has 0 radical (unpaired) electrons. The van der Waals surface area contributed by atoms with Gasteiger partial charge in [0.15, 0.2) is 0 Å². The fraction of sp³-hybridized carbons (Fsp3) is 0.231. The van der Waals surface area contributed by atoms with Crippen molar-refractivity contribution in [1.82, 2.24) is 0 Å². The lowest BCUT2D eigenvalue weighted by molar-refractivity contribution is 0.0694. The number of benzene rings is 3. The Balaban J connectivity index is 1.41. The van der Waals surface area contributed by atoms with Crippen molar-refractivity contribution in [1.29, 1.82) is 0 Å². The van der Waals surface area contributed by atoms with Crippen LogP contribution in [0.25, 0.3) is 11.1 Å². The second-order valence-corrected chi connectivity index (χ2v) is 8.12. The highest BCUT2D eigenvalue weighted by atomic mass is 16.6. The molecule has 3 aromatic carbocycles. The number of carbonyl (C=O) groups is 2. The van der Waals surface area contributed by atoms with Crippen molar-refractivity contribution >= 4 is 17.7 Å². The van der Waals surface area contributed by atoms with Gasteiger partial charge in [0, 0.05) is 12.5 Å². The van der Waals surface area contributed by atoms with Crippen molar-refractivity contribution in [3.05, 3.63) is 88.5 Å². The van der Waals surface area contributed by atoms with Crippen LogP contribution < -0.4 is 4.90 Å². The molecule has 2 aliphatic rings. The molecule has 1 heterocycles. The van der Waals surface area contributed by atoms with Crippen LogP contribution in [0.2, 0.25) is 0 Å². The molecule has 1 amide bonds. The SMILES string of the molecule is Cc1ccc2c(c1C(=O)O)CCCN2C(=O)OCC1c2ccccc2-c2ccccc21. The largest absolute Gasteiger partial charge is 0.478 e. The fourth-order valence-corrected chi connectivity index (χ4v) is 4.95. The van der Waals surface area contributed by atoms with E-state index in [2.05, 4.69) is 24.3 Å². The van der Waals surface area contributed by atoms with Gasteiger partial charge in [-0.1, -0.05) is 54.6 Å². The Morgan fingerprint density at radius 2 is 1.65 bits per heavy atom. The molecular weight excluding hydrogens is 390 g/mol. The minimum Gasteiger partial charge on any atom is -0.478 e. The van der Waals surface area contributed by atoms with E-state index in [9.17, 15) is 14.7 Å². The van der Waals surface area contributed by atoms with Gasteiger partial charge in [-0.2, -0.15) is 0 Å². The molecule has 5 nitrogen and oxygen atoms in total. The lowest BCUT2D eigenvalue weighted by atomic mass is 9.93. The maximum absolute atomic E-state index is 13.1. The summed E-state index contributed by atoms with van der Waals surface area (Å²) >= 11 is 0. The number of anilines is 1. The molecule has 0 saturated heterocycles. The highest BCUT2D eigenvalue weighted by molar-refractivity contribution is 5.97. The molecule has 0 fully saturated rings. The average Bonchev–Trinajstić information content (AvgIpc) is 3.10. The third-order valence-corrected chi connectivity index (χ3v) is 6.37. The number of carboxylic acid groups (broad SMARTS) is 1. The summed E-state index contributed by atoms with van der Waals surface area (Å²) in [6, 6.07) is 20.0. The van der Waals surface area contributed by atoms with Crippen molar-refractivity contribution < 1.29 is 19.4 Å². The van der Waals surface area contributed by atoms with Crippen LogP contribution in [0.5, 0.6) is 0 Å². The highest BCUT2D eigenvalue weighted by Crippen LogP contribution is 2.44. The number of carbonyl (C=O) groups excluding carboxylic acids is 1. The number of nitrogens with zero attached hydrogens (tertiary/aromatic N) is 1. The summed E-state index contributed by atoms with van der Waals surface area (Å²) in [7, 11) is 0. The third kappa shape index (κ3) is 3.17. The molecule has 156 valence electrons. The van der Waals surface area contributed by atoms with Gasteiger partial charge in [0.2, 0.25) is 0 Å². The molecule has 0 spiro atoms. The van der Waals surface area contributed by atoms with Crippen LogP contribution in [-0.2, 0) is 11.2 Å². The first-order valence-electron chi connectivity index (χ1n) is 10.5. The van der Waals surface area contributed by atoms with Gasteiger partial charge in [0.05, 0.1) is 11.3 Å². The lowest BCUT2D eigenvalue weighted by Crippen LogP contribution is -2.37. The van der Waals surface area contributed by atoms with Gasteiger partial charge in [-0.05, 0) is 59.2 Å². The smallest absolute Gasteiger partial charge is 0.414 e. The number of aryl methyl sites for hydroxylation is 1. The van der Waals surface area contributed by atoms with Gasteiger partial charge >= 0.3 is 12.1 Å². The summed E-state index contributed by atoms with van der Waals surface area (Å²) in [4.78, 5) is 26.4. The van der Waals surface area contributed by atoms with E-state index in [1.54, 1.807) is 17.9 Å². The van der Waals surface area contributed by atoms with Crippen LogP contribution in [0.3, 0.4) is 0 Å². The van der Waals surface area contributed by atoms with Crippen LogP contribution in [-0.4, -0.2) is 30.3 Å². The maximum Gasteiger partial charge on any atom is 0.414 e. The molecule has 0 atom stereocenters. The summed E-state index contributed by atoms with van der Waals surface area (Å²) in [5, 5.41) is 9.64. The van der Waals surface area contributed by atoms with Gasteiger partial charge in [-0.15, -0.1) is 0 Å². The number of amides is 1. The number of hydrogen-bond acceptors (Lipinski definition) is 3. The number of ether oxygens (including phenoxy) is 1. The molecule has 5 heteroatoms. The fourth-order valence-electron chi connectivity index (χ4n) is 4.95. The van der Waals surface area contributed by atoms with Crippen molar-refractivity contribution in [2.45, 2.75) is 25.7 Å². The monoisotopic (exact) mass is 413 g/mol. The number of hydrogen-bond donors (Lipinski definition) is 1. The molecule has 0 saturated carbocycles. The van der Waals surface area contributed by atoms with Gasteiger partial charge in [-0.25, -0.2) is 9.59 Å².